The van der Waals surface area contributed by atoms with E-state index in [-0.39, 0.29) is 5.91 Å². The van der Waals surface area contributed by atoms with Crippen LogP contribution in [0.15, 0.2) is 24.5 Å². The lowest BCUT2D eigenvalue weighted by Crippen LogP contribution is -2.25. The number of amides is 1. The van der Waals surface area contributed by atoms with Crippen molar-refractivity contribution in [2.45, 2.75) is 19.1 Å². The molecular formula is C14H14F3N5O3. The van der Waals surface area contributed by atoms with Crippen molar-refractivity contribution in [3.63, 3.8) is 0 Å². The summed E-state index contributed by atoms with van der Waals surface area (Å²) in [4.78, 5) is 25.1. The van der Waals surface area contributed by atoms with E-state index in [4.69, 9.17) is 9.90 Å². The number of carbonyl (C=O) groups is 2. The van der Waals surface area contributed by atoms with Crippen LogP contribution >= 0.6 is 0 Å². The topological polar surface area (TPSA) is 120 Å². The minimum absolute atomic E-state index is 0.234. The van der Waals surface area contributed by atoms with Crippen molar-refractivity contribution in [1.29, 1.82) is 0 Å². The molecule has 1 amide bonds. The first kappa shape index (κ1) is 18.4. The number of anilines is 1. The Morgan fingerprint density at radius 2 is 2.04 bits per heavy atom. The van der Waals surface area contributed by atoms with Crippen LogP contribution in [-0.4, -0.2) is 44.9 Å². The lowest BCUT2D eigenvalue weighted by molar-refractivity contribution is -0.192. The van der Waals surface area contributed by atoms with E-state index in [1.807, 2.05) is 6.07 Å². The number of hydrogen-bond acceptors (Lipinski definition) is 5. The van der Waals surface area contributed by atoms with Gasteiger partial charge in [-0.1, -0.05) is 0 Å². The van der Waals surface area contributed by atoms with Crippen LogP contribution in [0.1, 0.15) is 21.7 Å². The maximum atomic E-state index is 11.8. The number of H-pyrrole nitrogens is 1. The molecule has 0 aliphatic carbocycles. The summed E-state index contributed by atoms with van der Waals surface area (Å²) in [7, 11) is 0. The first-order valence-electron chi connectivity index (χ1n) is 7.07. The van der Waals surface area contributed by atoms with Gasteiger partial charge in [0, 0.05) is 31.4 Å². The summed E-state index contributed by atoms with van der Waals surface area (Å²) >= 11 is 0. The van der Waals surface area contributed by atoms with Crippen LogP contribution in [-0.2, 0) is 17.8 Å². The summed E-state index contributed by atoms with van der Waals surface area (Å²) in [5, 5.41) is 19.6. The summed E-state index contributed by atoms with van der Waals surface area (Å²) in [5.41, 5.74) is 3.31. The molecular weight excluding hydrogens is 343 g/mol. The molecule has 3 rings (SSSR count). The maximum Gasteiger partial charge on any atom is 0.490 e. The Balaban J connectivity index is 0.000000277. The van der Waals surface area contributed by atoms with Gasteiger partial charge in [0.1, 0.15) is 5.69 Å². The number of aromatic amines is 1. The second kappa shape index (κ2) is 7.75. The fraction of sp³-hybridized carbons (Fsp3) is 0.286. The molecule has 4 N–H and O–H groups in total. The summed E-state index contributed by atoms with van der Waals surface area (Å²) < 4.78 is 31.7. The number of carboxylic acid groups (broad SMARTS) is 1. The molecule has 0 spiro atoms. The number of aromatic nitrogens is 3. The molecule has 2 aromatic rings. The average Bonchev–Trinajstić information content (AvgIpc) is 3.09. The Bertz CT molecular complexity index is 747. The zero-order valence-electron chi connectivity index (χ0n) is 12.7. The zero-order valence-corrected chi connectivity index (χ0v) is 12.7. The van der Waals surface area contributed by atoms with Crippen molar-refractivity contribution >= 4 is 17.6 Å². The molecule has 0 unspecified atom stereocenters. The van der Waals surface area contributed by atoms with E-state index >= 15 is 0 Å². The molecule has 0 saturated carbocycles. The molecule has 3 heterocycles. The average molecular weight is 357 g/mol. The number of fused-ring (bicyclic) bond motifs is 1. The molecule has 11 heteroatoms. The molecule has 0 aromatic carbocycles. The largest absolute Gasteiger partial charge is 0.490 e. The molecule has 134 valence electrons. The first-order chi connectivity index (χ1) is 11.8. The van der Waals surface area contributed by atoms with Gasteiger partial charge in [-0.3, -0.25) is 14.9 Å². The maximum absolute atomic E-state index is 11.8. The zero-order chi connectivity index (χ0) is 18.4. The normalized spacial score (nSPS) is 13.2. The van der Waals surface area contributed by atoms with Crippen molar-refractivity contribution in [2.24, 2.45) is 0 Å². The second-order valence-electron chi connectivity index (χ2n) is 4.97. The third kappa shape index (κ3) is 5.28. The molecule has 0 radical (unpaired) electrons. The third-order valence-corrected chi connectivity index (χ3v) is 3.15. The number of aliphatic carboxylic acids is 1. The highest BCUT2D eigenvalue weighted by Crippen LogP contribution is 2.16. The summed E-state index contributed by atoms with van der Waals surface area (Å²) in [6, 6.07) is 3.59. The van der Waals surface area contributed by atoms with E-state index in [2.05, 4.69) is 25.8 Å². The Morgan fingerprint density at radius 1 is 1.32 bits per heavy atom. The van der Waals surface area contributed by atoms with Gasteiger partial charge in [-0.2, -0.15) is 18.3 Å². The Labute approximate surface area is 139 Å². The summed E-state index contributed by atoms with van der Waals surface area (Å²) in [6.45, 7) is 1.76. The molecule has 0 bridgehead atoms. The molecule has 1 aliphatic rings. The quantitative estimate of drug-likeness (QED) is 0.644. The minimum Gasteiger partial charge on any atom is -0.475 e. The van der Waals surface area contributed by atoms with Gasteiger partial charge in [-0.25, -0.2) is 4.79 Å². The smallest absolute Gasteiger partial charge is 0.475 e. The van der Waals surface area contributed by atoms with Crippen molar-refractivity contribution in [3.8, 4) is 0 Å². The number of nitrogens with one attached hydrogen (secondary N) is 3. The summed E-state index contributed by atoms with van der Waals surface area (Å²) in [6.07, 6.45) is -0.846. The van der Waals surface area contributed by atoms with Crippen LogP contribution in [0.2, 0.25) is 0 Å². The van der Waals surface area contributed by atoms with E-state index in [0.717, 1.165) is 30.8 Å². The third-order valence-electron chi connectivity index (χ3n) is 3.15. The van der Waals surface area contributed by atoms with Gasteiger partial charge in [-0.05, 0) is 17.7 Å². The van der Waals surface area contributed by atoms with Crippen LogP contribution in [0.25, 0.3) is 0 Å². The van der Waals surface area contributed by atoms with Gasteiger partial charge in [-0.15, -0.1) is 0 Å². The van der Waals surface area contributed by atoms with Crippen LogP contribution in [0.5, 0.6) is 0 Å². The lowest BCUT2D eigenvalue weighted by Gasteiger charge is -2.16. The predicted molar refractivity (Wildman–Crippen MR) is 79.9 cm³/mol. The van der Waals surface area contributed by atoms with Crippen LogP contribution < -0.4 is 10.6 Å². The van der Waals surface area contributed by atoms with Crippen molar-refractivity contribution in [2.75, 3.05) is 11.9 Å². The van der Waals surface area contributed by atoms with E-state index in [1.54, 1.807) is 18.5 Å². The molecule has 1 aliphatic heterocycles. The van der Waals surface area contributed by atoms with Gasteiger partial charge >= 0.3 is 12.1 Å². The number of carbonyl (C=O) groups excluding carboxylic acids is 1. The first-order valence-corrected chi connectivity index (χ1v) is 7.07. The van der Waals surface area contributed by atoms with Gasteiger partial charge in [0.05, 0.1) is 11.9 Å². The highest BCUT2D eigenvalue weighted by molar-refractivity contribution is 6.02. The SMILES string of the molecule is O=C(Nc1cnc2c(c1)CNCC2)c1cc[nH]n1.O=C(O)C(F)(F)F. The molecule has 8 nitrogen and oxygen atoms in total. The Morgan fingerprint density at radius 3 is 2.64 bits per heavy atom. The lowest BCUT2D eigenvalue weighted by atomic mass is 10.1. The highest BCUT2D eigenvalue weighted by Gasteiger charge is 2.38. The monoisotopic (exact) mass is 357 g/mol. The van der Waals surface area contributed by atoms with E-state index < -0.39 is 12.1 Å². The van der Waals surface area contributed by atoms with Crippen molar-refractivity contribution < 1.29 is 27.9 Å². The number of alkyl halides is 3. The number of pyridine rings is 1. The van der Waals surface area contributed by atoms with Gasteiger partial charge < -0.3 is 15.7 Å². The van der Waals surface area contributed by atoms with Crippen molar-refractivity contribution in [3.05, 3.63) is 41.5 Å². The molecule has 2 aromatic heterocycles. The molecule has 0 atom stereocenters. The van der Waals surface area contributed by atoms with Gasteiger partial charge in [0.25, 0.3) is 5.91 Å². The van der Waals surface area contributed by atoms with Gasteiger partial charge in [0.15, 0.2) is 0 Å². The standard InChI is InChI=1S/C12H13N5O.C2HF3O2/c18-12(11-2-4-15-17-11)16-9-5-8-6-13-3-1-10(8)14-7-9;3-2(4,5)1(6)7/h2,4-5,7,13H,1,3,6H2,(H,15,17)(H,16,18);(H,6,7). The number of hydrogen-bond donors (Lipinski definition) is 4. The highest BCUT2D eigenvalue weighted by atomic mass is 19.4. The van der Waals surface area contributed by atoms with Gasteiger partial charge in [0.2, 0.25) is 0 Å². The van der Waals surface area contributed by atoms with Crippen molar-refractivity contribution in [1.82, 2.24) is 20.5 Å². The van der Waals surface area contributed by atoms with E-state index in [1.165, 1.54) is 0 Å². The van der Waals surface area contributed by atoms with E-state index in [9.17, 15) is 18.0 Å². The van der Waals surface area contributed by atoms with Crippen LogP contribution in [0.3, 0.4) is 0 Å². The number of halogens is 3. The fourth-order valence-corrected chi connectivity index (χ4v) is 2.00. The fourth-order valence-electron chi connectivity index (χ4n) is 2.00. The summed E-state index contributed by atoms with van der Waals surface area (Å²) in [5.74, 6) is -2.99. The Hall–Kier alpha value is -2.95. The van der Waals surface area contributed by atoms with E-state index in [0.29, 0.717) is 11.4 Å². The second-order valence-corrected chi connectivity index (χ2v) is 4.97. The Kier molecular flexibility index (Phi) is 5.70. The van der Waals surface area contributed by atoms with Crippen LogP contribution in [0.4, 0.5) is 18.9 Å². The molecule has 0 fully saturated rings. The molecule has 25 heavy (non-hydrogen) atoms. The number of nitrogens with zero attached hydrogens (tertiary/aromatic N) is 2. The predicted octanol–water partition coefficient (Wildman–Crippen LogP) is 1.34. The number of carboxylic acids is 1. The number of rotatable bonds is 2. The molecule has 0 saturated heterocycles. The minimum atomic E-state index is -5.08. The van der Waals surface area contributed by atoms with Crippen LogP contribution in [0, 0.1) is 0 Å².